The highest BCUT2D eigenvalue weighted by atomic mass is 16.4. The first-order valence-electron chi connectivity index (χ1n) is 6.40. The summed E-state index contributed by atoms with van der Waals surface area (Å²) in [6.07, 6.45) is 0.461. The minimum Gasteiger partial charge on any atom is -0.481 e. The second-order valence-electron chi connectivity index (χ2n) is 5.40. The number of aliphatic carboxylic acids is 1. The number of carboxylic acids is 1. The number of hydrogen-bond acceptors (Lipinski definition) is 2. The van der Waals surface area contributed by atoms with Gasteiger partial charge in [-0.1, -0.05) is 30.3 Å². The lowest BCUT2D eigenvalue weighted by Crippen LogP contribution is -2.45. The van der Waals surface area contributed by atoms with Crippen molar-refractivity contribution >= 4 is 11.9 Å². The number of hydrogen-bond donors (Lipinski definition) is 2. The Morgan fingerprint density at radius 2 is 1.84 bits per heavy atom. The summed E-state index contributed by atoms with van der Waals surface area (Å²) in [5.41, 5.74) is 0.437. The van der Waals surface area contributed by atoms with Gasteiger partial charge in [-0.15, -0.1) is 0 Å². The largest absolute Gasteiger partial charge is 0.481 e. The normalized spacial score (nSPS) is 12.8. The maximum atomic E-state index is 12.1. The zero-order chi connectivity index (χ0) is 14.5. The lowest BCUT2D eigenvalue weighted by molar-refractivity contribution is -0.137. The van der Waals surface area contributed by atoms with Gasteiger partial charge in [0.2, 0.25) is 5.91 Å². The Morgan fingerprint density at radius 3 is 2.37 bits per heavy atom. The molecule has 1 aromatic rings. The molecule has 0 radical (unpaired) electrons. The predicted molar refractivity (Wildman–Crippen MR) is 73.9 cm³/mol. The minimum atomic E-state index is -0.849. The zero-order valence-electron chi connectivity index (χ0n) is 11.6. The van der Waals surface area contributed by atoms with Gasteiger partial charge >= 0.3 is 5.97 Å². The summed E-state index contributed by atoms with van der Waals surface area (Å²) >= 11 is 0. The van der Waals surface area contributed by atoms with Gasteiger partial charge in [0.25, 0.3) is 0 Å². The molecule has 1 atom stereocenters. The molecule has 4 nitrogen and oxygen atoms in total. The quantitative estimate of drug-likeness (QED) is 0.829. The third-order valence-corrected chi connectivity index (χ3v) is 3.12. The number of nitrogens with one attached hydrogen (secondary N) is 1. The second kappa shape index (κ2) is 6.36. The number of carbonyl (C=O) groups excluding carboxylic acids is 1. The molecule has 19 heavy (non-hydrogen) atoms. The van der Waals surface area contributed by atoms with Crippen LogP contribution in [0.15, 0.2) is 30.3 Å². The van der Waals surface area contributed by atoms with Gasteiger partial charge in [0, 0.05) is 12.0 Å². The Hall–Kier alpha value is -1.84. The molecule has 2 N–H and O–H groups in total. The smallest absolute Gasteiger partial charge is 0.303 e. The molecular formula is C15H21NO3. The highest BCUT2D eigenvalue weighted by Gasteiger charge is 2.24. The van der Waals surface area contributed by atoms with Crippen LogP contribution in [0.2, 0.25) is 0 Å². The third-order valence-electron chi connectivity index (χ3n) is 3.12. The minimum absolute atomic E-state index is 0.0486. The van der Waals surface area contributed by atoms with Crippen LogP contribution in [0.25, 0.3) is 0 Å². The van der Waals surface area contributed by atoms with Gasteiger partial charge in [0.15, 0.2) is 0 Å². The summed E-state index contributed by atoms with van der Waals surface area (Å²) in [5, 5.41) is 11.6. The molecule has 0 spiro atoms. The molecule has 0 aliphatic carbocycles. The van der Waals surface area contributed by atoms with E-state index in [0.29, 0.717) is 6.42 Å². The molecule has 1 rings (SSSR count). The number of benzene rings is 1. The van der Waals surface area contributed by atoms with Crippen molar-refractivity contribution < 1.29 is 14.7 Å². The van der Waals surface area contributed by atoms with E-state index in [-0.39, 0.29) is 18.2 Å². The average Bonchev–Trinajstić information content (AvgIpc) is 2.36. The maximum Gasteiger partial charge on any atom is 0.303 e. The molecule has 0 unspecified atom stereocenters. The Labute approximate surface area is 113 Å². The molecular weight excluding hydrogens is 242 g/mol. The molecule has 0 bridgehead atoms. The Kier molecular flexibility index (Phi) is 5.10. The molecule has 1 aromatic carbocycles. The van der Waals surface area contributed by atoms with E-state index in [4.69, 9.17) is 5.11 Å². The molecule has 1 amide bonds. The van der Waals surface area contributed by atoms with Crippen LogP contribution in [0.1, 0.15) is 45.1 Å². The summed E-state index contributed by atoms with van der Waals surface area (Å²) in [5.74, 6) is -1.18. The van der Waals surface area contributed by atoms with Crippen LogP contribution in [0.5, 0.6) is 0 Å². The number of rotatable bonds is 6. The molecule has 0 saturated heterocycles. The molecule has 0 saturated carbocycles. The maximum absolute atomic E-state index is 12.1. The fourth-order valence-corrected chi connectivity index (χ4v) is 1.82. The fourth-order valence-electron chi connectivity index (χ4n) is 1.82. The Bertz CT molecular complexity index is 440. The van der Waals surface area contributed by atoms with E-state index in [9.17, 15) is 9.59 Å². The molecule has 0 aliphatic rings. The number of carbonyl (C=O) groups is 2. The van der Waals surface area contributed by atoms with E-state index in [1.165, 1.54) is 0 Å². The first kappa shape index (κ1) is 15.2. The van der Waals surface area contributed by atoms with Crippen molar-refractivity contribution in [2.75, 3.05) is 0 Å². The topological polar surface area (TPSA) is 66.4 Å². The number of carboxylic acid groups (broad SMARTS) is 1. The SMILES string of the molecule is C[C@H](C(=O)NC(C)(C)CCC(=O)O)c1ccccc1. The summed E-state index contributed by atoms with van der Waals surface area (Å²) in [6, 6.07) is 9.53. The van der Waals surface area contributed by atoms with Gasteiger partial charge in [-0.05, 0) is 32.8 Å². The molecule has 0 aliphatic heterocycles. The van der Waals surface area contributed by atoms with Crippen molar-refractivity contribution in [1.29, 1.82) is 0 Å². The van der Waals surface area contributed by atoms with E-state index in [0.717, 1.165) is 5.56 Å². The molecule has 4 heteroatoms. The fraction of sp³-hybridized carbons (Fsp3) is 0.467. The lowest BCUT2D eigenvalue weighted by atomic mass is 9.95. The van der Waals surface area contributed by atoms with Crippen LogP contribution in [-0.4, -0.2) is 22.5 Å². The lowest BCUT2D eigenvalue weighted by Gasteiger charge is -2.27. The van der Waals surface area contributed by atoms with Crippen LogP contribution in [0.4, 0.5) is 0 Å². The van der Waals surface area contributed by atoms with E-state index in [2.05, 4.69) is 5.32 Å². The highest BCUT2D eigenvalue weighted by Crippen LogP contribution is 2.18. The summed E-state index contributed by atoms with van der Waals surface area (Å²) in [7, 11) is 0. The van der Waals surface area contributed by atoms with Gasteiger partial charge in [-0.2, -0.15) is 0 Å². The van der Waals surface area contributed by atoms with Crippen LogP contribution in [-0.2, 0) is 9.59 Å². The summed E-state index contributed by atoms with van der Waals surface area (Å²) in [6.45, 7) is 5.52. The summed E-state index contributed by atoms with van der Waals surface area (Å²) < 4.78 is 0. The van der Waals surface area contributed by atoms with E-state index in [1.54, 1.807) is 0 Å². The molecule has 104 valence electrons. The predicted octanol–water partition coefficient (Wildman–Crippen LogP) is 2.55. The molecule has 0 heterocycles. The van der Waals surface area contributed by atoms with Gasteiger partial charge in [-0.25, -0.2) is 0 Å². The zero-order valence-corrected chi connectivity index (χ0v) is 11.6. The van der Waals surface area contributed by atoms with Gasteiger partial charge in [0.1, 0.15) is 0 Å². The van der Waals surface area contributed by atoms with Crippen molar-refractivity contribution in [2.45, 2.75) is 45.1 Å². The summed E-state index contributed by atoms with van der Waals surface area (Å²) in [4.78, 5) is 22.7. The van der Waals surface area contributed by atoms with Gasteiger partial charge in [0.05, 0.1) is 5.92 Å². The first-order valence-corrected chi connectivity index (χ1v) is 6.40. The second-order valence-corrected chi connectivity index (χ2v) is 5.40. The number of amides is 1. The highest BCUT2D eigenvalue weighted by molar-refractivity contribution is 5.83. The van der Waals surface area contributed by atoms with Crippen molar-refractivity contribution in [3.8, 4) is 0 Å². The Balaban J connectivity index is 2.61. The molecule has 0 fully saturated rings. The van der Waals surface area contributed by atoms with Crippen molar-refractivity contribution in [2.24, 2.45) is 0 Å². The standard InChI is InChI=1S/C15H21NO3/c1-11(12-7-5-4-6-8-12)14(19)16-15(2,3)10-9-13(17)18/h4-8,11H,9-10H2,1-3H3,(H,16,19)(H,17,18)/t11-/m0/s1. The average molecular weight is 263 g/mol. The van der Waals surface area contributed by atoms with Gasteiger partial charge in [-0.3, -0.25) is 9.59 Å². The third kappa shape index (κ3) is 5.12. The Morgan fingerprint density at radius 1 is 1.26 bits per heavy atom. The van der Waals surface area contributed by atoms with E-state index >= 15 is 0 Å². The van der Waals surface area contributed by atoms with Gasteiger partial charge < -0.3 is 10.4 Å². The first-order chi connectivity index (χ1) is 8.82. The van der Waals surface area contributed by atoms with Crippen LogP contribution >= 0.6 is 0 Å². The van der Waals surface area contributed by atoms with Crippen molar-refractivity contribution in [1.82, 2.24) is 5.32 Å². The van der Waals surface area contributed by atoms with E-state index < -0.39 is 11.5 Å². The van der Waals surface area contributed by atoms with Crippen LogP contribution in [0, 0.1) is 0 Å². The van der Waals surface area contributed by atoms with E-state index in [1.807, 2.05) is 51.1 Å². The van der Waals surface area contributed by atoms with Crippen molar-refractivity contribution in [3.05, 3.63) is 35.9 Å². The van der Waals surface area contributed by atoms with Crippen molar-refractivity contribution in [3.63, 3.8) is 0 Å². The van der Waals surface area contributed by atoms with Crippen LogP contribution in [0.3, 0.4) is 0 Å². The van der Waals surface area contributed by atoms with Crippen LogP contribution < -0.4 is 5.32 Å². The molecule has 0 aromatic heterocycles. The monoisotopic (exact) mass is 263 g/mol.